The summed E-state index contributed by atoms with van der Waals surface area (Å²) in [6.07, 6.45) is 0.727. The highest BCUT2D eigenvalue weighted by atomic mass is 19.1. The molecule has 1 fully saturated rings. The van der Waals surface area contributed by atoms with Gasteiger partial charge in [-0.3, -0.25) is 4.79 Å². The summed E-state index contributed by atoms with van der Waals surface area (Å²) in [6, 6.07) is 3.01. The normalized spacial score (nSPS) is 24.2. The predicted octanol–water partition coefficient (Wildman–Crippen LogP) is 2.14. The quantitative estimate of drug-likeness (QED) is 0.882. The van der Waals surface area contributed by atoms with Crippen molar-refractivity contribution in [2.75, 3.05) is 13.1 Å². The van der Waals surface area contributed by atoms with Gasteiger partial charge in [-0.1, -0.05) is 6.07 Å². The van der Waals surface area contributed by atoms with Crippen LogP contribution in [0.2, 0.25) is 0 Å². The maximum Gasteiger partial charge on any atom is 0.227 e. The number of rotatable bonds is 3. The van der Waals surface area contributed by atoms with Gasteiger partial charge in [0.2, 0.25) is 5.91 Å². The lowest BCUT2D eigenvalue weighted by Gasteiger charge is -2.25. The zero-order valence-corrected chi connectivity index (χ0v) is 11.1. The van der Waals surface area contributed by atoms with Crippen molar-refractivity contribution in [2.45, 2.75) is 26.3 Å². The van der Waals surface area contributed by atoms with Crippen LogP contribution in [-0.2, 0) is 4.79 Å². The van der Waals surface area contributed by atoms with E-state index in [1.54, 1.807) is 6.92 Å². The summed E-state index contributed by atoms with van der Waals surface area (Å²) in [7, 11) is 0. The van der Waals surface area contributed by atoms with Crippen molar-refractivity contribution in [2.24, 2.45) is 5.41 Å². The van der Waals surface area contributed by atoms with Crippen LogP contribution in [-0.4, -0.2) is 19.0 Å². The van der Waals surface area contributed by atoms with Crippen LogP contribution in [0.1, 0.15) is 31.9 Å². The fourth-order valence-corrected chi connectivity index (χ4v) is 2.38. The second-order valence-corrected chi connectivity index (χ2v) is 5.32. The summed E-state index contributed by atoms with van der Waals surface area (Å²) in [5.41, 5.74) is -0.596. The Hall–Kier alpha value is -1.49. The van der Waals surface area contributed by atoms with Crippen LogP contribution in [0.3, 0.4) is 0 Å². The fraction of sp³-hybridized carbons (Fsp3) is 0.500. The largest absolute Gasteiger partial charge is 0.349 e. The molecular weight excluding hydrogens is 250 g/mol. The van der Waals surface area contributed by atoms with Crippen molar-refractivity contribution >= 4 is 5.91 Å². The molecule has 2 rings (SSSR count). The van der Waals surface area contributed by atoms with Gasteiger partial charge in [0.15, 0.2) is 0 Å². The van der Waals surface area contributed by atoms with Gasteiger partial charge in [0, 0.05) is 12.1 Å². The van der Waals surface area contributed by atoms with Gasteiger partial charge in [-0.15, -0.1) is 0 Å². The van der Waals surface area contributed by atoms with Crippen LogP contribution < -0.4 is 10.6 Å². The van der Waals surface area contributed by atoms with Gasteiger partial charge in [0.1, 0.15) is 11.6 Å². The van der Waals surface area contributed by atoms with Crippen LogP contribution >= 0.6 is 0 Å². The van der Waals surface area contributed by atoms with E-state index in [1.807, 2.05) is 6.92 Å². The first-order valence-electron chi connectivity index (χ1n) is 6.40. The number of nitrogens with one attached hydrogen (secondary N) is 2. The molecule has 0 aliphatic carbocycles. The fourth-order valence-electron chi connectivity index (χ4n) is 2.38. The van der Waals surface area contributed by atoms with Gasteiger partial charge in [0.05, 0.1) is 11.5 Å². The lowest BCUT2D eigenvalue weighted by atomic mass is 9.88. The van der Waals surface area contributed by atoms with Crippen molar-refractivity contribution in [3.63, 3.8) is 0 Å². The molecule has 1 amide bonds. The Labute approximate surface area is 111 Å². The molecule has 2 atom stereocenters. The van der Waals surface area contributed by atoms with Crippen LogP contribution in [0.5, 0.6) is 0 Å². The Kier molecular flexibility index (Phi) is 3.85. The molecule has 2 N–H and O–H groups in total. The van der Waals surface area contributed by atoms with Crippen LogP contribution in [0.4, 0.5) is 8.78 Å². The van der Waals surface area contributed by atoms with Crippen molar-refractivity contribution in [1.29, 1.82) is 0 Å². The Balaban J connectivity index is 2.13. The van der Waals surface area contributed by atoms with Crippen molar-refractivity contribution < 1.29 is 13.6 Å². The third-order valence-electron chi connectivity index (χ3n) is 3.70. The van der Waals surface area contributed by atoms with Crippen LogP contribution in [0.25, 0.3) is 0 Å². The molecule has 3 nitrogen and oxygen atoms in total. The molecule has 1 aliphatic heterocycles. The first kappa shape index (κ1) is 13.9. The number of hydrogen-bond donors (Lipinski definition) is 2. The van der Waals surface area contributed by atoms with E-state index in [4.69, 9.17) is 0 Å². The van der Waals surface area contributed by atoms with E-state index < -0.39 is 23.1 Å². The highest BCUT2D eigenvalue weighted by Crippen LogP contribution is 2.27. The maximum absolute atomic E-state index is 13.6. The summed E-state index contributed by atoms with van der Waals surface area (Å²) in [5.74, 6) is -1.45. The standard InChI is InChI=1S/C14H18F2N2O/c1-9(12-10(15)4-3-5-11(12)16)18-13(19)14(2)6-7-17-8-14/h3-5,9,17H,6-8H2,1-2H3,(H,18,19). The molecule has 0 bridgehead atoms. The van der Waals surface area contributed by atoms with E-state index in [1.165, 1.54) is 18.2 Å². The van der Waals surface area contributed by atoms with Gasteiger partial charge in [-0.2, -0.15) is 0 Å². The monoisotopic (exact) mass is 268 g/mol. The minimum Gasteiger partial charge on any atom is -0.349 e. The minimum absolute atomic E-state index is 0.0922. The van der Waals surface area contributed by atoms with E-state index in [-0.39, 0.29) is 11.5 Å². The minimum atomic E-state index is -0.689. The topological polar surface area (TPSA) is 41.1 Å². The molecule has 1 heterocycles. The molecule has 0 aromatic heterocycles. The molecular formula is C14H18F2N2O. The molecule has 0 saturated carbocycles. The Morgan fingerprint density at radius 2 is 2.05 bits per heavy atom. The summed E-state index contributed by atoms with van der Waals surface area (Å²) in [4.78, 5) is 12.2. The van der Waals surface area contributed by atoms with E-state index in [2.05, 4.69) is 10.6 Å². The molecule has 2 unspecified atom stereocenters. The number of carbonyl (C=O) groups excluding carboxylic acids is 1. The first-order valence-corrected chi connectivity index (χ1v) is 6.40. The van der Waals surface area contributed by atoms with Crippen molar-refractivity contribution in [3.8, 4) is 0 Å². The van der Waals surface area contributed by atoms with Gasteiger partial charge in [-0.05, 0) is 38.9 Å². The van der Waals surface area contributed by atoms with E-state index >= 15 is 0 Å². The van der Waals surface area contributed by atoms with Crippen molar-refractivity contribution in [3.05, 3.63) is 35.4 Å². The molecule has 0 spiro atoms. The second kappa shape index (κ2) is 5.25. The number of hydrogen-bond acceptors (Lipinski definition) is 2. The third kappa shape index (κ3) is 2.76. The highest BCUT2D eigenvalue weighted by molar-refractivity contribution is 5.83. The Morgan fingerprint density at radius 3 is 2.58 bits per heavy atom. The second-order valence-electron chi connectivity index (χ2n) is 5.32. The molecule has 1 aromatic carbocycles. The first-order chi connectivity index (χ1) is 8.94. The third-order valence-corrected chi connectivity index (χ3v) is 3.70. The SMILES string of the molecule is CC(NC(=O)C1(C)CCNC1)c1c(F)cccc1F. The number of amides is 1. The number of carbonyl (C=O) groups is 1. The average Bonchev–Trinajstić information content (AvgIpc) is 2.77. The zero-order chi connectivity index (χ0) is 14.0. The predicted molar refractivity (Wildman–Crippen MR) is 68.5 cm³/mol. The average molecular weight is 268 g/mol. The van der Waals surface area contributed by atoms with Crippen molar-refractivity contribution in [1.82, 2.24) is 10.6 Å². The molecule has 104 valence electrons. The van der Waals surface area contributed by atoms with Crippen LogP contribution in [0.15, 0.2) is 18.2 Å². The summed E-state index contributed by atoms with van der Waals surface area (Å²) < 4.78 is 27.2. The Bertz CT molecular complexity index is 464. The summed E-state index contributed by atoms with van der Waals surface area (Å²) in [5, 5.41) is 5.82. The maximum atomic E-state index is 13.6. The van der Waals surface area contributed by atoms with E-state index in [0.717, 1.165) is 13.0 Å². The molecule has 1 aliphatic rings. The molecule has 5 heteroatoms. The van der Waals surface area contributed by atoms with Gasteiger partial charge in [-0.25, -0.2) is 8.78 Å². The van der Waals surface area contributed by atoms with Gasteiger partial charge in [0.25, 0.3) is 0 Å². The highest BCUT2D eigenvalue weighted by Gasteiger charge is 2.37. The zero-order valence-electron chi connectivity index (χ0n) is 11.1. The lowest BCUT2D eigenvalue weighted by Crippen LogP contribution is -2.41. The van der Waals surface area contributed by atoms with Crippen LogP contribution in [0, 0.1) is 17.0 Å². The smallest absolute Gasteiger partial charge is 0.227 e. The molecule has 19 heavy (non-hydrogen) atoms. The molecule has 0 radical (unpaired) electrons. The summed E-state index contributed by atoms with van der Waals surface area (Å²) >= 11 is 0. The Morgan fingerprint density at radius 1 is 1.42 bits per heavy atom. The van der Waals surface area contributed by atoms with Gasteiger partial charge >= 0.3 is 0 Å². The summed E-state index contributed by atoms with van der Waals surface area (Å²) in [6.45, 7) is 4.82. The number of halogens is 2. The number of benzene rings is 1. The lowest BCUT2D eigenvalue weighted by molar-refractivity contribution is -0.129. The molecule has 1 saturated heterocycles. The van der Waals surface area contributed by atoms with Gasteiger partial charge < -0.3 is 10.6 Å². The van der Waals surface area contributed by atoms with E-state index in [0.29, 0.717) is 6.54 Å². The molecule has 1 aromatic rings. The van der Waals surface area contributed by atoms with E-state index in [9.17, 15) is 13.6 Å².